The first-order valence-electron chi connectivity index (χ1n) is 10.2. The average molecular weight is 387 g/mol. The zero-order chi connectivity index (χ0) is 19.2. The van der Waals surface area contributed by atoms with Crippen LogP contribution in [0, 0.1) is 5.82 Å². The Bertz CT molecular complexity index is 860. The summed E-state index contributed by atoms with van der Waals surface area (Å²) in [5.74, 6) is 0.173. The van der Waals surface area contributed by atoms with Gasteiger partial charge in [0.25, 0.3) is 0 Å². The van der Waals surface area contributed by atoms with Crippen molar-refractivity contribution in [3.63, 3.8) is 0 Å². The van der Waals surface area contributed by atoms with Crippen molar-refractivity contribution in [2.75, 3.05) is 19.8 Å². The van der Waals surface area contributed by atoms with Crippen LogP contribution in [0.25, 0.3) is 11.0 Å². The Labute approximate surface area is 163 Å². The third kappa shape index (κ3) is 3.36. The van der Waals surface area contributed by atoms with Crippen molar-refractivity contribution in [3.05, 3.63) is 29.7 Å². The molecule has 6 nitrogen and oxygen atoms in total. The van der Waals surface area contributed by atoms with Gasteiger partial charge in [0, 0.05) is 23.6 Å². The van der Waals surface area contributed by atoms with Crippen molar-refractivity contribution in [3.8, 4) is 5.88 Å². The lowest BCUT2D eigenvalue weighted by atomic mass is 9.70. The molecule has 150 valence electrons. The average Bonchev–Trinajstić information content (AvgIpc) is 3.21. The van der Waals surface area contributed by atoms with Gasteiger partial charge in [-0.2, -0.15) is 0 Å². The Balaban J connectivity index is 1.39. The number of nitrogens with two attached hydrogens (primary N) is 1. The number of aromatic nitrogens is 2. The first kappa shape index (κ1) is 18.2. The van der Waals surface area contributed by atoms with Gasteiger partial charge >= 0.3 is 0 Å². The van der Waals surface area contributed by atoms with E-state index in [-0.39, 0.29) is 23.1 Å². The van der Waals surface area contributed by atoms with E-state index in [0.29, 0.717) is 48.7 Å². The smallest absolute Gasteiger partial charge is 0.214 e. The van der Waals surface area contributed by atoms with Gasteiger partial charge in [-0.1, -0.05) is 0 Å². The Hall–Kier alpha value is -1.83. The van der Waals surface area contributed by atoms with Crippen LogP contribution in [0.3, 0.4) is 0 Å². The van der Waals surface area contributed by atoms with Crippen molar-refractivity contribution < 1.29 is 18.6 Å². The minimum Gasteiger partial charge on any atom is -0.472 e. The van der Waals surface area contributed by atoms with Gasteiger partial charge in [0.05, 0.1) is 42.7 Å². The molecule has 2 aromatic rings. The highest BCUT2D eigenvalue weighted by molar-refractivity contribution is 5.78. The van der Waals surface area contributed by atoms with E-state index < -0.39 is 0 Å². The lowest BCUT2D eigenvalue weighted by Gasteiger charge is -2.51. The maximum Gasteiger partial charge on any atom is 0.214 e. The summed E-state index contributed by atoms with van der Waals surface area (Å²) in [6.07, 6.45) is 7.30. The first-order valence-corrected chi connectivity index (χ1v) is 10.2. The lowest BCUT2D eigenvalue weighted by Crippen LogP contribution is -2.59. The van der Waals surface area contributed by atoms with E-state index >= 15 is 0 Å². The molecule has 7 heteroatoms. The minimum atomic E-state index is -0.322. The fraction of sp³-hybridized carbons (Fsp3) is 0.619. The molecule has 3 aliphatic heterocycles. The van der Waals surface area contributed by atoms with Crippen molar-refractivity contribution in [1.82, 2.24) is 9.97 Å². The van der Waals surface area contributed by atoms with E-state index in [4.69, 9.17) is 19.9 Å². The van der Waals surface area contributed by atoms with E-state index in [2.05, 4.69) is 9.97 Å². The second kappa shape index (κ2) is 6.90. The molecular weight excluding hydrogens is 361 g/mol. The number of pyridine rings is 2. The zero-order valence-corrected chi connectivity index (χ0v) is 16.0. The highest BCUT2D eigenvalue weighted by atomic mass is 19.1. The third-order valence-electron chi connectivity index (χ3n) is 6.57. The molecule has 6 rings (SSSR count). The number of fused-ring (bicyclic) bond motifs is 4. The van der Waals surface area contributed by atoms with Crippen LogP contribution in [-0.4, -0.2) is 47.0 Å². The number of hydrogen-bond donors (Lipinski definition) is 1. The van der Waals surface area contributed by atoms with Gasteiger partial charge in [-0.15, -0.1) is 0 Å². The summed E-state index contributed by atoms with van der Waals surface area (Å²) in [6, 6.07) is 3.63. The molecule has 28 heavy (non-hydrogen) atoms. The number of halogens is 1. The highest BCUT2D eigenvalue weighted by Crippen LogP contribution is 2.45. The molecule has 2 bridgehead atoms. The summed E-state index contributed by atoms with van der Waals surface area (Å²) in [5, 5.41) is 0. The first-order chi connectivity index (χ1) is 13.5. The largest absolute Gasteiger partial charge is 0.472 e. The van der Waals surface area contributed by atoms with E-state index in [9.17, 15) is 4.39 Å². The summed E-state index contributed by atoms with van der Waals surface area (Å²) in [7, 11) is 0. The second-order valence-electron chi connectivity index (χ2n) is 8.54. The predicted molar refractivity (Wildman–Crippen MR) is 102 cm³/mol. The van der Waals surface area contributed by atoms with Crippen molar-refractivity contribution >= 4 is 11.0 Å². The molecule has 1 aliphatic carbocycles. The molecule has 4 fully saturated rings. The van der Waals surface area contributed by atoms with Gasteiger partial charge in [-0.05, 0) is 44.6 Å². The number of ether oxygens (including phenoxy) is 3. The van der Waals surface area contributed by atoms with Crippen LogP contribution in [0.15, 0.2) is 18.3 Å². The highest BCUT2D eigenvalue weighted by Gasteiger charge is 2.47. The number of aryl methyl sites for hydroxylation is 1. The van der Waals surface area contributed by atoms with Crippen molar-refractivity contribution in [1.29, 1.82) is 0 Å². The molecular formula is C21H26FN3O3. The normalized spacial score (nSPS) is 32.1. The summed E-state index contributed by atoms with van der Waals surface area (Å²) in [6.45, 7) is 1.87. The fourth-order valence-electron chi connectivity index (χ4n) is 4.62. The second-order valence-corrected chi connectivity index (χ2v) is 8.54. The summed E-state index contributed by atoms with van der Waals surface area (Å²) >= 11 is 0. The van der Waals surface area contributed by atoms with E-state index in [1.807, 2.05) is 6.07 Å². The monoisotopic (exact) mass is 387 g/mol. The van der Waals surface area contributed by atoms with Crippen LogP contribution in [0.5, 0.6) is 5.88 Å². The Morgan fingerprint density at radius 2 is 2.11 bits per heavy atom. The van der Waals surface area contributed by atoms with Crippen LogP contribution in [0.1, 0.15) is 44.1 Å². The van der Waals surface area contributed by atoms with Gasteiger partial charge in [-0.3, -0.25) is 4.98 Å². The Morgan fingerprint density at radius 1 is 1.25 bits per heavy atom. The molecule has 0 spiro atoms. The summed E-state index contributed by atoms with van der Waals surface area (Å²) in [5.41, 5.74) is 7.82. The van der Waals surface area contributed by atoms with Gasteiger partial charge in [0.2, 0.25) is 5.88 Å². The minimum absolute atomic E-state index is 0.00298. The topological polar surface area (TPSA) is 79.5 Å². The molecule has 2 aromatic heterocycles. The number of rotatable bonds is 5. The lowest BCUT2D eigenvalue weighted by molar-refractivity contribution is -0.156. The number of nitrogens with zero attached hydrogens (tertiary/aromatic N) is 2. The molecule has 1 atom stereocenters. The fourth-order valence-corrected chi connectivity index (χ4v) is 4.62. The Morgan fingerprint density at radius 3 is 2.82 bits per heavy atom. The number of hydrogen-bond acceptors (Lipinski definition) is 6. The molecule has 1 saturated carbocycles. The third-order valence-corrected chi connectivity index (χ3v) is 6.57. The summed E-state index contributed by atoms with van der Waals surface area (Å²) < 4.78 is 32.1. The van der Waals surface area contributed by atoms with Crippen LogP contribution in [0.2, 0.25) is 0 Å². The van der Waals surface area contributed by atoms with E-state index in [1.165, 1.54) is 6.20 Å². The van der Waals surface area contributed by atoms with Crippen molar-refractivity contribution in [2.45, 2.75) is 62.2 Å². The quantitative estimate of drug-likeness (QED) is 0.850. The molecule has 0 radical (unpaired) electrons. The maximum absolute atomic E-state index is 14.7. The Kier molecular flexibility index (Phi) is 4.49. The van der Waals surface area contributed by atoms with Crippen LogP contribution < -0.4 is 10.5 Å². The SMILES string of the molecule is NC12CCC(CCc3c(F)cnc4ccc(O[C@H]5CCOC5)nc34)(CC1)OC2. The van der Waals surface area contributed by atoms with Gasteiger partial charge < -0.3 is 19.9 Å². The maximum atomic E-state index is 14.7. The van der Waals surface area contributed by atoms with Crippen molar-refractivity contribution in [2.24, 2.45) is 5.73 Å². The molecule has 3 saturated heterocycles. The summed E-state index contributed by atoms with van der Waals surface area (Å²) in [4.78, 5) is 8.79. The van der Waals surface area contributed by atoms with Gasteiger partial charge in [0.15, 0.2) is 0 Å². The molecule has 0 amide bonds. The molecule has 2 N–H and O–H groups in total. The van der Waals surface area contributed by atoms with E-state index in [0.717, 1.165) is 38.5 Å². The predicted octanol–water partition coefficient (Wildman–Crippen LogP) is 2.91. The standard InChI is InChI=1S/C21H26FN3O3/c22-16-11-24-17-1-2-18(28-14-4-10-26-12-14)25-19(17)15(16)3-5-21-8-6-20(23,7-9-21)13-27-21/h1-2,11,14H,3-10,12-13,23H2/t14-,20?,21?/m0/s1. The van der Waals surface area contributed by atoms with E-state index in [1.54, 1.807) is 6.07 Å². The zero-order valence-electron chi connectivity index (χ0n) is 16.0. The van der Waals surface area contributed by atoms with Crippen LogP contribution in [0.4, 0.5) is 4.39 Å². The van der Waals surface area contributed by atoms with Gasteiger partial charge in [-0.25, -0.2) is 9.37 Å². The molecule has 5 heterocycles. The molecule has 4 aliphatic rings. The van der Waals surface area contributed by atoms with Gasteiger partial charge in [0.1, 0.15) is 11.9 Å². The molecule has 0 aromatic carbocycles. The van der Waals surface area contributed by atoms with Crippen LogP contribution >= 0.6 is 0 Å². The molecule has 0 unspecified atom stereocenters. The van der Waals surface area contributed by atoms with Crippen LogP contribution in [-0.2, 0) is 15.9 Å².